The average Bonchev–Trinajstić information content (AvgIpc) is 2.54. The Balaban J connectivity index is 2.08. The molecule has 1 amide bonds. The van der Waals surface area contributed by atoms with Crippen molar-refractivity contribution in [2.45, 2.75) is 32.8 Å². The van der Waals surface area contributed by atoms with Crippen molar-refractivity contribution in [1.82, 2.24) is 4.90 Å². The van der Waals surface area contributed by atoms with Gasteiger partial charge in [0.15, 0.2) is 0 Å². The third kappa shape index (κ3) is 2.97. The van der Waals surface area contributed by atoms with Gasteiger partial charge in [-0.25, -0.2) is 0 Å². The standard InChI is InChI=1S/C14H20NO2/c1-11-6-3-4-7-13(11)14(16)15-8-5-9-17-12(2)10-15/h3,6-7,12H,4-5,8-10H2,1-2H3. The van der Waals surface area contributed by atoms with E-state index in [1.165, 1.54) is 0 Å². The van der Waals surface area contributed by atoms with Gasteiger partial charge in [-0.15, -0.1) is 0 Å². The Bertz CT molecular complexity index is 357. The molecule has 0 N–H and O–H groups in total. The zero-order chi connectivity index (χ0) is 12.3. The van der Waals surface area contributed by atoms with Crippen LogP contribution >= 0.6 is 0 Å². The molecule has 1 radical (unpaired) electrons. The van der Waals surface area contributed by atoms with E-state index in [1.54, 1.807) is 0 Å². The van der Waals surface area contributed by atoms with Gasteiger partial charge in [-0.1, -0.05) is 12.2 Å². The fraction of sp³-hybridized carbons (Fsp3) is 0.571. The first-order valence-electron chi connectivity index (χ1n) is 6.30. The van der Waals surface area contributed by atoms with E-state index in [4.69, 9.17) is 4.74 Å². The molecule has 1 aliphatic carbocycles. The maximum atomic E-state index is 12.4. The predicted octanol–water partition coefficient (Wildman–Crippen LogP) is 2.10. The SMILES string of the molecule is CC1=C[CH]CC=C1C(=O)N1CCCOC(C)C1. The number of allylic oxidation sites excluding steroid dienone is 2. The van der Waals surface area contributed by atoms with E-state index < -0.39 is 0 Å². The first-order chi connectivity index (χ1) is 8.18. The lowest BCUT2D eigenvalue weighted by Crippen LogP contribution is -2.37. The molecule has 3 nitrogen and oxygen atoms in total. The Morgan fingerprint density at radius 2 is 2.35 bits per heavy atom. The second kappa shape index (κ2) is 5.50. The fourth-order valence-corrected chi connectivity index (χ4v) is 2.29. The Morgan fingerprint density at radius 3 is 3.12 bits per heavy atom. The molecule has 0 spiro atoms. The van der Waals surface area contributed by atoms with Crippen molar-refractivity contribution in [1.29, 1.82) is 0 Å². The van der Waals surface area contributed by atoms with Crippen LogP contribution in [0.1, 0.15) is 26.7 Å². The van der Waals surface area contributed by atoms with Crippen LogP contribution in [0.25, 0.3) is 0 Å². The van der Waals surface area contributed by atoms with Crippen LogP contribution in [-0.4, -0.2) is 36.6 Å². The van der Waals surface area contributed by atoms with Crippen molar-refractivity contribution in [3.63, 3.8) is 0 Å². The number of hydrogen-bond acceptors (Lipinski definition) is 2. The molecule has 1 aliphatic heterocycles. The molecule has 3 heteroatoms. The van der Waals surface area contributed by atoms with Crippen LogP contribution in [0, 0.1) is 6.42 Å². The molecule has 0 aromatic carbocycles. The van der Waals surface area contributed by atoms with E-state index >= 15 is 0 Å². The van der Waals surface area contributed by atoms with E-state index in [1.807, 2.05) is 30.9 Å². The van der Waals surface area contributed by atoms with E-state index in [2.05, 4.69) is 6.42 Å². The van der Waals surface area contributed by atoms with Gasteiger partial charge in [-0.05, 0) is 38.7 Å². The maximum absolute atomic E-state index is 12.4. The molecule has 0 aromatic rings. The molecule has 2 aliphatic rings. The smallest absolute Gasteiger partial charge is 0.253 e. The van der Waals surface area contributed by atoms with E-state index in [-0.39, 0.29) is 12.0 Å². The Labute approximate surface area is 103 Å². The van der Waals surface area contributed by atoms with Gasteiger partial charge in [0.05, 0.1) is 6.10 Å². The summed E-state index contributed by atoms with van der Waals surface area (Å²) in [7, 11) is 0. The van der Waals surface area contributed by atoms with Gasteiger partial charge in [0.1, 0.15) is 0 Å². The van der Waals surface area contributed by atoms with Crippen molar-refractivity contribution in [3.05, 3.63) is 29.7 Å². The van der Waals surface area contributed by atoms with Crippen molar-refractivity contribution in [3.8, 4) is 0 Å². The van der Waals surface area contributed by atoms with Gasteiger partial charge in [0.25, 0.3) is 5.91 Å². The monoisotopic (exact) mass is 234 g/mol. The topological polar surface area (TPSA) is 29.5 Å². The van der Waals surface area contributed by atoms with Crippen LogP contribution in [-0.2, 0) is 9.53 Å². The first kappa shape index (κ1) is 12.4. The van der Waals surface area contributed by atoms with Gasteiger partial charge in [0.2, 0.25) is 0 Å². The molecule has 17 heavy (non-hydrogen) atoms. The normalized spacial score (nSPS) is 26.0. The van der Waals surface area contributed by atoms with Crippen LogP contribution in [0.15, 0.2) is 23.3 Å². The first-order valence-corrected chi connectivity index (χ1v) is 6.30. The summed E-state index contributed by atoms with van der Waals surface area (Å²) < 4.78 is 5.56. The molecule has 1 unspecified atom stereocenters. The highest BCUT2D eigenvalue weighted by atomic mass is 16.5. The van der Waals surface area contributed by atoms with Crippen molar-refractivity contribution < 1.29 is 9.53 Å². The molecule has 1 atom stereocenters. The molecule has 0 saturated carbocycles. The number of rotatable bonds is 1. The second-order valence-electron chi connectivity index (χ2n) is 4.73. The van der Waals surface area contributed by atoms with Crippen molar-refractivity contribution >= 4 is 5.91 Å². The largest absolute Gasteiger partial charge is 0.377 e. The third-order valence-electron chi connectivity index (χ3n) is 3.22. The quantitative estimate of drug-likeness (QED) is 0.695. The van der Waals surface area contributed by atoms with Gasteiger partial charge in [-0.2, -0.15) is 0 Å². The van der Waals surface area contributed by atoms with Gasteiger partial charge < -0.3 is 9.64 Å². The lowest BCUT2D eigenvalue weighted by Gasteiger charge is -2.24. The van der Waals surface area contributed by atoms with Crippen molar-refractivity contribution in [2.24, 2.45) is 0 Å². The zero-order valence-corrected chi connectivity index (χ0v) is 10.6. The Kier molecular flexibility index (Phi) is 4.00. The molecule has 0 bridgehead atoms. The highest BCUT2D eigenvalue weighted by molar-refractivity contribution is 5.98. The third-order valence-corrected chi connectivity index (χ3v) is 3.22. The van der Waals surface area contributed by atoms with E-state index in [0.717, 1.165) is 37.1 Å². The van der Waals surface area contributed by atoms with E-state index in [0.29, 0.717) is 6.54 Å². The van der Waals surface area contributed by atoms with E-state index in [9.17, 15) is 4.79 Å². The summed E-state index contributed by atoms with van der Waals surface area (Å²) in [4.78, 5) is 14.3. The summed E-state index contributed by atoms with van der Waals surface area (Å²) in [5.41, 5.74) is 1.93. The highest BCUT2D eigenvalue weighted by Gasteiger charge is 2.23. The minimum Gasteiger partial charge on any atom is -0.377 e. The van der Waals surface area contributed by atoms with Crippen LogP contribution in [0.5, 0.6) is 0 Å². The fourth-order valence-electron chi connectivity index (χ4n) is 2.29. The van der Waals surface area contributed by atoms with Crippen LogP contribution in [0.4, 0.5) is 0 Å². The lowest BCUT2D eigenvalue weighted by molar-refractivity contribution is -0.127. The number of ether oxygens (including phenoxy) is 1. The maximum Gasteiger partial charge on any atom is 0.253 e. The molecule has 1 heterocycles. The number of carbonyl (C=O) groups excluding carboxylic acids is 1. The number of hydrogen-bond donors (Lipinski definition) is 0. The second-order valence-corrected chi connectivity index (χ2v) is 4.73. The van der Waals surface area contributed by atoms with Gasteiger partial charge in [0, 0.05) is 25.3 Å². The Morgan fingerprint density at radius 1 is 1.53 bits per heavy atom. The van der Waals surface area contributed by atoms with Crippen molar-refractivity contribution in [2.75, 3.05) is 19.7 Å². The average molecular weight is 234 g/mol. The predicted molar refractivity (Wildman–Crippen MR) is 67.4 cm³/mol. The molecular weight excluding hydrogens is 214 g/mol. The molecule has 0 aromatic heterocycles. The number of carbonyl (C=O) groups is 1. The number of nitrogens with zero attached hydrogens (tertiary/aromatic N) is 1. The molecule has 93 valence electrons. The summed E-state index contributed by atoms with van der Waals surface area (Å²) >= 11 is 0. The highest BCUT2D eigenvalue weighted by Crippen LogP contribution is 2.21. The summed E-state index contributed by atoms with van der Waals surface area (Å²) in [5, 5.41) is 0. The van der Waals surface area contributed by atoms with Gasteiger partial charge >= 0.3 is 0 Å². The van der Waals surface area contributed by atoms with Crippen LogP contribution in [0.2, 0.25) is 0 Å². The van der Waals surface area contributed by atoms with Crippen LogP contribution < -0.4 is 0 Å². The lowest BCUT2D eigenvalue weighted by atomic mass is 9.98. The zero-order valence-electron chi connectivity index (χ0n) is 10.6. The molecule has 1 saturated heterocycles. The summed E-state index contributed by atoms with van der Waals surface area (Å²) in [6.07, 6.45) is 8.07. The minimum atomic E-state index is 0.140. The van der Waals surface area contributed by atoms with Crippen LogP contribution in [0.3, 0.4) is 0 Å². The molecular formula is C14H20NO2. The van der Waals surface area contributed by atoms with Gasteiger partial charge in [-0.3, -0.25) is 4.79 Å². The minimum absolute atomic E-state index is 0.140. The summed E-state index contributed by atoms with van der Waals surface area (Å²) in [5.74, 6) is 0.157. The number of amides is 1. The summed E-state index contributed by atoms with van der Waals surface area (Å²) in [6, 6.07) is 0. The molecule has 1 fully saturated rings. The Hall–Kier alpha value is -1.09. The molecule has 2 rings (SSSR count). The summed E-state index contributed by atoms with van der Waals surface area (Å²) in [6.45, 7) is 6.28.